The van der Waals surface area contributed by atoms with Crippen molar-refractivity contribution in [3.05, 3.63) is 39.9 Å². The predicted octanol–water partition coefficient (Wildman–Crippen LogP) is 2.08. The Labute approximate surface area is 88.7 Å². The van der Waals surface area contributed by atoms with E-state index in [0.717, 1.165) is 5.56 Å². The number of non-ortho nitro benzene ring substituents is 1. The van der Waals surface area contributed by atoms with Crippen LogP contribution in [-0.2, 0) is 0 Å². The summed E-state index contributed by atoms with van der Waals surface area (Å²) in [6.07, 6.45) is 0. The van der Waals surface area contributed by atoms with Gasteiger partial charge in [0.25, 0.3) is 5.69 Å². The zero-order valence-electron chi connectivity index (χ0n) is 7.84. The third-order valence-electron chi connectivity index (χ3n) is 2.00. The van der Waals surface area contributed by atoms with E-state index in [1.54, 1.807) is 12.1 Å². The van der Waals surface area contributed by atoms with Gasteiger partial charge < -0.3 is 5.73 Å². The molecule has 1 unspecified atom stereocenters. The number of halogens is 1. The lowest BCUT2D eigenvalue weighted by atomic mass is 10.0. The van der Waals surface area contributed by atoms with E-state index in [4.69, 9.17) is 5.73 Å². The van der Waals surface area contributed by atoms with Crippen LogP contribution in [0, 0.1) is 10.1 Å². The number of hydrogen-bond donors (Lipinski definition) is 1. The summed E-state index contributed by atoms with van der Waals surface area (Å²) in [5.74, 6) is 0.167. The predicted molar refractivity (Wildman–Crippen MR) is 57.8 cm³/mol. The maximum absolute atomic E-state index is 10.4. The fourth-order valence-corrected chi connectivity index (χ4v) is 1.08. The molecule has 0 radical (unpaired) electrons. The van der Waals surface area contributed by atoms with Gasteiger partial charge in [0.2, 0.25) is 0 Å². The fraction of sp³-hybridized carbons (Fsp3) is 0.333. The summed E-state index contributed by atoms with van der Waals surface area (Å²) in [4.78, 5) is 10.0. The van der Waals surface area contributed by atoms with Crippen LogP contribution in [-0.4, -0.2) is 11.5 Å². The average molecular weight is 217 g/mol. The van der Waals surface area contributed by atoms with Crippen molar-refractivity contribution in [3.63, 3.8) is 0 Å². The molecule has 1 aromatic rings. The lowest BCUT2D eigenvalue weighted by molar-refractivity contribution is -0.384. The number of rotatable bonds is 3. The Balaban J connectivity index is 0.00000169. The zero-order chi connectivity index (χ0) is 9.84. The van der Waals surface area contributed by atoms with Crippen molar-refractivity contribution in [2.45, 2.75) is 12.8 Å². The van der Waals surface area contributed by atoms with E-state index >= 15 is 0 Å². The molecule has 1 atom stereocenters. The second-order valence-corrected chi connectivity index (χ2v) is 2.99. The van der Waals surface area contributed by atoms with Gasteiger partial charge in [-0.15, -0.1) is 12.4 Å². The Kier molecular flexibility index (Phi) is 5.12. The normalized spacial score (nSPS) is 11.6. The van der Waals surface area contributed by atoms with Crippen LogP contribution in [0.3, 0.4) is 0 Å². The Bertz CT molecular complexity index is 317. The van der Waals surface area contributed by atoms with Gasteiger partial charge in [0.1, 0.15) is 0 Å². The van der Waals surface area contributed by atoms with E-state index < -0.39 is 4.92 Å². The Morgan fingerprint density at radius 3 is 2.71 bits per heavy atom. The molecule has 78 valence electrons. The first-order valence-corrected chi connectivity index (χ1v) is 4.09. The standard InChI is InChI=1S/C9H12N2O2.ClH/c1-7(6-10)8-3-2-4-9(5-8)11(12)13;/h2-5,7H,6,10H2,1H3;1H. The monoisotopic (exact) mass is 216 g/mol. The zero-order valence-corrected chi connectivity index (χ0v) is 8.66. The van der Waals surface area contributed by atoms with Crippen LogP contribution in [0.1, 0.15) is 18.4 Å². The summed E-state index contributed by atoms with van der Waals surface area (Å²) in [5.41, 5.74) is 6.50. The molecule has 1 aromatic carbocycles. The lowest BCUT2D eigenvalue weighted by Gasteiger charge is -2.07. The Morgan fingerprint density at radius 1 is 1.57 bits per heavy atom. The largest absolute Gasteiger partial charge is 0.330 e. The highest BCUT2D eigenvalue weighted by Gasteiger charge is 2.08. The number of nitrogens with two attached hydrogens (primary N) is 1. The van der Waals surface area contributed by atoms with E-state index in [-0.39, 0.29) is 24.0 Å². The average Bonchev–Trinajstić information content (AvgIpc) is 2.17. The van der Waals surface area contributed by atoms with Crippen LogP contribution in [0.2, 0.25) is 0 Å². The molecule has 0 aromatic heterocycles. The van der Waals surface area contributed by atoms with Crippen molar-refractivity contribution in [2.24, 2.45) is 5.73 Å². The molecule has 1 rings (SSSR count). The molecule has 0 heterocycles. The third kappa shape index (κ3) is 2.97. The van der Waals surface area contributed by atoms with Crippen molar-refractivity contribution >= 4 is 18.1 Å². The van der Waals surface area contributed by atoms with E-state index in [9.17, 15) is 10.1 Å². The second-order valence-electron chi connectivity index (χ2n) is 2.99. The van der Waals surface area contributed by atoms with Gasteiger partial charge in [0.15, 0.2) is 0 Å². The quantitative estimate of drug-likeness (QED) is 0.621. The molecule has 14 heavy (non-hydrogen) atoms. The summed E-state index contributed by atoms with van der Waals surface area (Å²) in [7, 11) is 0. The van der Waals surface area contributed by atoms with Crippen LogP contribution in [0.25, 0.3) is 0 Å². The molecule has 4 nitrogen and oxygen atoms in total. The molecule has 0 aliphatic carbocycles. The molecule has 0 fully saturated rings. The van der Waals surface area contributed by atoms with Crippen LogP contribution in [0.4, 0.5) is 5.69 Å². The number of benzene rings is 1. The number of nitrogens with zero attached hydrogens (tertiary/aromatic N) is 1. The summed E-state index contributed by atoms with van der Waals surface area (Å²) in [6.45, 7) is 2.44. The minimum absolute atomic E-state index is 0. The lowest BCUT2D eigenvalue weighted by Crippen LogP contribution is -2.08. The minimum Gasteiger partial charge on any atom is -0.330 e. The minimum atomic E-state index is -0.396. The van der Waals surface area contributed by atoms with Crippen molar-refractivity contribution in [1.82, 2.24) is 0 Å². The molecule has 0 saturated carbocycles. The maximum Gasteiger partial charge on any atom is 0.269 e. The van der Waals surface area contributed by atoms with Gasteiger partial charge in [0, 0.05) is 12.1 Å². The molecule has 0 aliphatic heterocycles. The molecule has 0 spiro atoms. The number of hydrogen-bond acceptors (Lipinski definition) is 3. The van der Waals surface area contributed by atoms with Crippen molar-refractivity contribution < 1.29 is 4.92 Å². The summed E-state index contributed by atoms with van der Waals surface area (Å²) in [6, 6.07) is 6.58. The van der Waals surface area contributed by atoms with Gasteiger partial charge in [-0.1, -0.05) is 19.1 Å². The molecule has 2 N–H and O–H groups in total. The summed E-state index contributed by atoms with van der Waals surface area (Å²) < 4.78 is 0. The highest BCUT2D eigenvalue weighted by Crippen LogP contribution is 2.19. The molecule has 0 saturated heterocycles. The van der Waals surface area contributed by atoms with Crippen molar-refractivity contribution in [1.29, 1.82) is 0 Å². The van der Waals surface area contributed by atoms with Crippen molar-refractivity contribution in [3.8, 4) is 0 Å². The summed E-state index contributed by atoms with van der Waals surface area (Å²) >= 11 is 0. The topological polar surface area (TPSA) is 69.2 Å². The van der Waals surface area contributed by atoms with E-state index in [0.29, 0.717) is 6.54 Å². The molecular formula is C9H13ClN2O2. The van der Waals surface area contributed by atoms with Gasteiger partial charge in [-0.2, -0.15) is 0 Å². The van der Waals surface area contributed by atoms with Crippen LogP contribution < -0.4 is 5.73 Å². The van der Waals surface area contributed by atoms with Crippen LogP contribution >= 0.6 is 12.4 Å². The number of nitro benzene ring substituents is 1. The second kappa shape index (κ2) is 5.57. The highest BCUT2D eigenvalue weighted by molar-refractivity contribution is 5.85. The number of nitro groups is 1. The van der Waals surface area contributed by atoms with Gasteiger partial charge in [-0.25, -0.2) is 0 Å². The summed E-state index contributed by atoms with van der Waals surface area (Å²) in [5, 5.41) is 10.4. The van der Waals surface area contributed by atoms with E-state index in [1.165, 1.54) is 6.07 Å². The van der Waals surface area contributed by atoms with E-state index in [1.807, 2.05) is 13.0 Å². The smallest absolute Gasteiger partial charge is 0.269 e. The van der Waals surface area contributed by atoms with Crippen molar-refractivity contribution in [2.75, 3.05) is 6.54 Å². The van der Waals surface area contributed by atoms with Gasteiger partial charge in [-0.3, -0.25) is 10.1 Å². The highest BCUT2D eigenvalue weighted by atomic mass is 35.5. The van der Waals surface area contributed by atoms with Crippen LogP contribution in [0.15, 0.2) is 24.3 Å². The SMILES string of the molecule is CC(CN)c1cccc([N+](=O)[O-])c1.Cl. The Morgan fingerprint density at radius 2 is 2.21 bits per heavy atom. The molecule has 0 aliphatic rings. The first-order valence-electron chi connectivity index (χ1n) is 4.09. The van der Waals surface area contributed by atoms with Gasteiger partial charge >= 0.3 is 0 Å². The third-order valence-corrected chi connectivity index (χ3v) is 2.00. The van der Waals surface area contributed by atoms with Gasteiger partial charge in [0.05, 0.1) is 4.92 Å². The molecule has 0 amide bonds. The maximum atomic E-state index is 10.4. The van der Waals surface area contributed by atoms with Gasteiger partial charge in [-0.05, 0) is 18.0 Å². The molecular weight excluding hydrogens is 204 g/mol. The van der Waals surface area contributed by atoms with E-state index in [2.05, 4.69) is 0 Å². The first kappa shape index (κ1) is 12.9. The first-order chi connectivity index (χ1) is 6.15. The van der Waals surface area contributed by atoms with Crippen LogP contribution in [0.5, 0.6) is 0 Å². The molecule has 0 bridgehead atoms. The Hall–Kier alpha value is -1.13. The molecule has 5 heteroatoms. The fourth-order valence-electron chi connectivity index (χ4n) is 1.08.